The van der Waals surface area contributed by atoms with Gasteiger partial charge in [-0.15, -0.1) is 0 Å². The van der Waals surface area contributed by atoms with Crippen LogP contribution in [0.4, 0.5) is 5.82 Å². The highest BCUT2D eigenvalue weighted by Gasteiger charge is 2.18. The highest BCUT2D eigenvalue weighted by molar-refractivity contribution is 7.79. The first-order valence-electron chi connectivity index (χ1n) is 9.49. The number of hydrogen-bond acceptors (Lipinski definition) is 5. The Bertz CT molecular complexity index is 1420. The van der Waals surface area contributed by atoms with Crippen LogP contribution in [0.3, 0.4) is 0 Å². The Morgan fingerprint density at radius 3 is 2.35 bits per heavy atom. The highest BCUT2D eigenvalue weighted by Crippen LogP contribution is 2.31. The summed E-state index contributed by atoms with van der Waals surface area (Å²) in [5.41, 5.74) is 10.7. The van der Waals surface area contributed by atoms with Crippen molar-refractivity contribution in [2.45, 2.75) is 4.90 Å². The Morgan fingerprint density at radius 2 is 1.65 bits per heavy atom. The molecule has 0 spiro atoms. The molecule has 3 aromatic heterocycles. The third-order valence-electron chi connectivity index (χ3n) is 4.95. The van der Waals surface area contributed by atoms with Crippen LogP contribution < -0.4 is 5.73 Å². The van der Waals surface area contributed by atoms with Gasteiger partial charge in [0.05, 0.1) is 16.2 Å². The maximum Gasteiger partial charge on any atom is 0.186 e. The zero-order valence-electron chi connectivity index (χ0n) is 16.2. The second-order valence-corrected chi connectivity index (χ2v) is 7.83. The topological polar surface area (TPSA) is 107 Å². The van der Waals surface area contributed by atoms with Crippen molar-refractivity contribution < 1.29 is 8.76 Å². The van der Waals surface area contributed by atoms with E-state index in [4.69, 9.17) is 15.7 Å². The van der Waals surface area contributed by atoms with E-state index in [1.807, 2.05) is 53.1 Å². The number of benzene rings is 2. The SMILES string of the molecule is Nc1ncccc1-c1nc2ccc(-c3ccccc3)nc2n1-c1ccc(S(=O)O)cc1. The third kappa shape index (κ3) is 3.48. The minimum Gasteiger partial charge on any atom is -0.383 e. The highest BCUT2D eigenvalue weighted by atomic mass is 32.2. The molecule has 0 aliphatic heterocycles. The van der Waals surface area contributed by atoms with Gasteiger partial charge in [0.15, 0.2) is 22.6 Å². The molecule has 0 aliphatic rings. The second-order valence-electron chi connectivity index (χ2n) is 6.86. The van der Waals surface area contributed by atoms with Gasteiger partial charge in [0.2, 0.25) is 0 Å². The molecule has 1 atom stereocenters. The van der Waals surface area contributed by atoms with E-state index in [1.54, 1.807) is 36.5 Å². The lowest BCUT2D eigenvalue weighted by Crippen LogP contribution is -2.02. The Balaban J connectivity index is 1.79. The lowest BCUT2D eigenvalue weighted by atomic mass is 10.1. The number of nitrogens with zero attached hydrogens (tertiary/aromatic N) is 4. The number of hydrogen-bond donors (Lipinski definition) is 2. The lowest BCUT2D eigenvalue weighted by molar-refractivity contribution is 0.564. The van der Waals surface area contributed by atoms with Gasteiger partial charge >= 0.3 is 0 Å². The van der Waals surface area contributed by atoms with Crippen LogP contribution in [0.5, 0.6) is 0 Å². The van der Waals surface area contributed by atoms with Crippen LogP contribution in [-0.4, -0.2) is 28.3 Å². The van der Waals surface area contributed by atoms with Gasteiger partial charge in [0, 0.05) is 17.4 Å². The Hall–Kier alpha value is -3.88. The molecule has 0 bridgehead atoms. The van der Waals surface area contributed by atoms with E-state index >= 15 is 0 Å². The summed E-state index contributed by atoms with van der Waals surface area (Å²) in [5.74, 6) is 0.951. The van der Waals surface area contributed by atoms with Crippen LogP contribution in [0, 0.1) is 0 Å². The average molecular weight is 427 g/mol. The van der Waals surface area contributed by atoms with Gasteiger partial charge in [-0.25, -0.2) is 19.2 Å². The molecule has 0 fully saturated rings. The summed E-state index contributed by atoms with van der Waals surface area (Å²) in [6.45, 7) is 0. The van der Waals surface area contributed by atoms with Crippen LogP contribution in [0.1, 0.15) is 0 Å². The molecule has 31 heavy (non-hydrogen) atoms. The largest absolute Gasteiger partial charge is 0.383 e. The lowest BCUT2D eigenvalue weighted by Gasteiger charge is -2.11. The van der Waals surface area contributed by atoms with Crippen LogP contribution in [0.25, 0.3) is 39.5 Å². The molecule has 0 saturated carbocycles. The minimum atomic E-state index is -2.06. The van der Waals surface area contributed by atoms with Crippen LogP contribution in [0.15, 0.2) is 90.0 Å². The summed E-state index contributed by atoms with van der Waals surface area (Å²) in [7, 11) is 0. The van der Waals surface area contributed by atoms with Crippen molar-refractivity contribution in [1.82, 2.24) is 19.5 Å². The number of nitrogen functional groups attached to an aromatic ring is 1. The van der Waals surface area contributed by atoms with Crippen molar-refractivity contribution in [1.29, 1.82) is 0 Å². The van der Waals surface area contributed by atoms with Gasteiger partial charge in [-0.1, -0.05) is 30.3 Å². The predicted molar refractivity (Wildman–Crippen MR) is 121 cm³/mol. The molecule has 2 aromatic carbocycles. The number of rotatable bonds is 4. The van der Waals surface area contributed by atoms with Crippen molar-refractivity contribution in [2.24, 2.45) is 0 Å². The molecule has 8 heteroatoms. The monoisotopic (exact) mass is 427 g/mol. The zero-order valence-corrected chi connectivity index (χ0v) is 17.0. The van der Waals surface area contributed by atoms with Crippen molar-refractivity contribution >= 4 is 28.1 Å². The molecular formula is C23H17N5O2S. The second kappa shape index (κ2) is 7.75. The summed E-state index contributed by atoms with van der Waals surface area (Å²) >= 11 is -2.06. The first-order chi connectivity index (χ1) is 15.1. The van der Waals surface area contributed by atoms with Crippen molar-refractivity contribution in [3.05, 3.63) is 85.1 Å². The van der Waals surface area contributed by atoms with E-state index in [9.17, 15) is 8.76 Å². The molecule has 5 aromatic rings. The summed E-state index contributed by atoms with van der Waals surface area (Å²) in [6, 6.07) is 24.1. The van der Waals surface area contributed by atoms with E-state index in [1.165, 1.54) is 0 Å². The molecule has 0 amide bonds. The standard InChI is InChI=1S/C23H17N5O2S/c24-21-18(7-4-14-25-21)22-27-20-13-12-19(15-5-2-1-3-6-15)26-23(20)28(22)16-8-10-17(11-9-16)31(29)30/h1-14H,(H2,24,25)(H,29,30). The minimum absolute atomic E-state index is 0.313. The van der Waals surface area contributed by atoms with E-state index in [0.717, 1.165) is 16.9 Å². The maximum absolute atomic E-state index is 11.4. The smallest absolute Gasteiger partial charge is 0.186 e. The molecule has 0 saturated heterocycles. The summed E-state index contributed by atoms with van der Waals surface area (Å²) in [5, 5.41) is 0. The van der Waals surface area contributed by atoms with Gasteiger partial charge in [-0.3, -0.25) is 4.57 Å². The number of aromatic nitrogens is 4. The fraction of sp³-hybridized carbons (Fsp3) is 0. The molecule has 0 radical (unpaired) electrons. The molecule has 7 nitrogen and oxygen atoms in total. The van der Waals surface area contributed by atoms with Crippen molar-refractivity contribution in [2.75, 3.05) is 5.73 Å². The van der Waals surface area contributed by atoms with Gasteiger partial charge in [0.1, 0.15) is 11.3 Å². The van der Waals surface area contributed by atoms with Gasteiger partial charge in [-0.05, 0) is 48.5 Å². The predicted octanol–water partition coefficient (Wildman–Crippen LogP) is 4.31. The van der Waals surface area contributed by atoms with Crippen LogP contribution in [0.2, 0.25) is 0 Å². The molecule has 3 N–H and O–H groups in total. The Morgan fingerprint density at radius 1 is 0.871 bits per heavy atom. The zero-order chi connectivity index (χ0) is 21.4. The van der Waals surface area contributed by atoms with Crippen molar-refractivity contribution in [3.8, 4) is 28.3 Å². The number of imidazole rings is 1. The van der Waals surface area contributed by atoms with Gasteiger partial charge < -0.3 is 10.3 Å². The van der Waals surface area contributed by atoms with Gasteiger partial charge in [0.25, 0.3) is 0 Å². The molecule has 3 heterocycles. The molecule has 5 rings (SSSR count). The molecule has 152 valence electrons. The number of pyridine rings is 2. The van der Waals surface area contributed by atoms with E-state index < -0.39 is 11.1 Å². The summed E-state index contributed by atoms with van der Waals surface area (Å²) in [6.07, 6.45) is 1.63. The fourth-order valence-corrected chi connectivity index (χ4v) is 3.84. The number of anilines is 1. The van der Waals surface area contributed by atoms with E-state index in [2.05, 4.69) is 4.98 Å². The quantitative estimate of drug-likeness (QED) is 0.414. The average Bonchev–Trinajstić information content (AvgIpc) is 3.18. The Kier molecular flexibility index (Phi) is 4.78. The summed E-state index contributed by atoms with van der Waals surface area (Å²) < 4.78 is 22.7. The first kappa shape index (κ1) is 19.1. The maximum atomic E-state index is 11.4. The van der Waals surface area contributed by atoms with Crippen molar-refractivity contribution in [3.63, 3.8) is 0 Å². The summed E-state index contributed by atoms with van der Waals surface area (Å²) in [4.78, 5) is 14.2. The Labute approximate surface area is 180 Å². The number of fused-ring (bicyclic) bond motifs is 1. The normalized spacial score (nSPS) is 12.2. The fourth-order valence-electron chi connectivity index (χ4n) is 3.47. The van der Waals surface area contributed by atoms with Gasteiger partial charge in [-0.2, -0.15) is 0 Å². The van der Waals surface area contributed by atoms with E-state index in [0.29, 0.717) is 33.3 Å². The van der Waals surface area contributed by atoms with Crippen LogP contribution in [-0.2, 0) is 11.1 Å². The van der Waals surface area contributed by atoms with Crippen LogP contribution >= 0.6 is 0 Å². The number of nitrogens with two attached hydrogens (primary N) is 1. The first-order valence-corrected chi connectivity index (χ1v) is 10.6. The molecular weight excluding hydrogens is 410 g/mol. The third-order valence-corrected chi connectivity index (χ3v) is 5.63. The van der Waals surface area contributed by atoms with E-state index in [-0.39, 0.29) is 0 Å². The molecule has 1 unspecified atom stereocenters. The molecule has 0 aliphatic carbocycles.